The van der Waals surface area contributed by atoms with Crippen molar-refractivity contribution in [2.24, 2.45) is 0 Å². The molecule has 0 bridgehead atoms. The Bertz CT molecular complexity index is 702. The molecule has 0 saturated heterocycles. The number of carbonyl (C=O) groups is 1. The van der Waals surface area contributed by atoms with Crippen LogP contribution in [0.4, 0.5) is 8.78 Å². The van der Waals surface area contributed by atoms with Gasteiger partial charge in [0.15, 0.2) is 0 Å². The lowest BCUT2D eigenvalue weighted by Gasteiger charge is -2.14. The molecule has 0 radical (unpaired) electrons. The van der Waals surface area contributed by atoms with E-state index in [0.29, 0.717) is 12.8 Å². The van der Waals surface area contributed by atoms with Crippen LogP contribution in [0.15, 0.2) is 29.6 Å². The second kappa shape index (κ2) is 5.92. The van der Waals surface area contributed by atoms with Crippen molar-refractivity contribution in [2.75, 3.05) is 0 Å². The Hall–Kier alpha value is -2.15. The van der Waals surface area contributed by atoms with Gasteiger partial charge < -0.3 is 15.2 Å². The molecule has 0 saturated carbocycles. The molecule has 4 nitrogen and oxygen atoms in total. The second-order valence-electron chi connectivity index (χ2n) is 4.90. The highest BCUT2D eigenvalue weighted by molar-refractivity contribution is 7.12. The van der Waals surface area contributed by atoms with Gasteiger partial charge in [0.25, 0.3) is 5.91 Å². The fourth-order valence-corrected chi connectivity index (χ4v) is 3.39. The van der Waals surface area contributed by atoms with E-state index in [1.807, 2.05) is 6.07 Å². The van der Waals surface area contributed by atoms with Crippen molar-refractivity contribution in [3.63, 3.8) is 0 Å². The number of fused-ring (bicyclic) bond motifs is 1. The first-order valence-corrected chi connectivity index (χ1v) is 7.58. The number of phenols is 1. The predicted molar refractivity (Wildman–Crippen MR) is 77.6 cm³/mol. The number of nitrogens with one attached hydrogen (secondary N) is 1. The van der Waals surface area contributed by atoms with Crippen LogP contribution in [0.25, 0.3) is 0 Å². The molecule has 1 aliphatic carbocycles. The minimum Gasteiger partial charge on any atom is -0.508 e. The van der Waals surface area contributed by atoms with E-state index in [0.717, 1.165) is 22.5 Å². The number of ether oxygens (including phenoxy) is 1. The zero-order valence-corrected chi connectivity index (χ0v) is 12.2. The largest absolute Gasteiger partial charge is 0.508 e. The number of thiophene rings is 1. The molecule has 22 heavy (non-hydrogen) atoms. The number of carbonyl (C=O) groups excluding carboxylic acids is 1. The summed E-state index contributed by atoms with van der Waals surface area (Å²) in [6.45, 7) is -2.97. The molecule has 1 atom stereocenters. The van der Waals surface area contributed by atoms with Crippen LogP contribution in [0.2, 0.25) is 0 Å². The first-order chi connectivity index (χ1) is 10.6. The Balaban J connectivity index is 1.77. The molecule has 2 aromatic rings. The number of halogens is 2. The number of alkyl halides is 2. The first kappa shape index (κ1) is 14.8. The molecule has 7 heteroatoms. The van der Waals surface area contributed by atoms with E-state index in [9.17, 15) is 18.7 Å². The molecule has 0 fully saturated rings. The Morgan fingerprint density at radius 2 is 2.23 bits per heavy atom. The van der Waals surface area contributed by atoms with E-state index in [4.69, 9.17) is 0 Å². The van der Waals surface area contributed by atoms with Crippen LogP contribution in [0.3, 0.4) is 0 Å². The quantitative estimate of drug-likeness (QED) is 0.905. The Morgan fingerprint density at radius 1 is 1.41 bits per heavy atom. The number of benzene rings is 1. The van der Waals surface area contributed by atoms with Crippen molar-refractivity contribution in [1.82, 2.24) is 5.32 Å². The molecule has 1 aromatic carbocycles. The molecule has 1 aliphatic rings. The Kier molecular flexibility index (Phi) is 3.98. The molecular weight excluding hydrogens is 312 g/mol. The van der Waals surface area contributed by atoms with E-state index < -0.39 is 12.5 Å². The molecule has 116 valence electrons. The predicted octanol–water partition coefficient (Wildman–Crippen LogP) is 3.47. The third-order valence-corrected chi connectivity index (χ3v) is 4.50. The van der Waals surface area contributed by atoms with Crippen LogP contribution in [0.5, 0.6) is 11.5 Å². The minimum atomic E-state index is -2.97. The summed E-state index contributed by atoms with van der Waals surface area (Å²) < 4.78 is 29.0. The highest BCUT2D eigenvalue weighted by Gasteiger charge is 2.27. The highest BCUT2D eigenvalue weighted by Crippen LogP contribution is 2.37. The molecule has 1 aromatic heterocycles. The van der Waals surface area contributed by atoms with Gasteiger partial charge >= 0.3 is 6.61 Å². The lowest BCUT2D eigenvalue weighted by Crippen LogP contribution is -2.27. The van der Waals surface area contributed by atoms with Crippen molar-refractivity contribution in [3.8, 4) is 11.5 Å². The minimum absolute atomic E-state index is 0.119. The van der Waals surface area contributed by atoms with Crippen LogP contribution in [0, 0.1) is 0 Å². The van der Waals surface area contributed by atoms with Crippen molar-refractivity contribution in [1.29, 1.82) is 0 Å². The fourth-order valence-electron chi connectivity index (χ4n) is 2.66. The zero-order valence-electron chi connectivity index (χ0n) is 11.4. The molecular formula is C15H13F2NO3S. The van der Waals surface area contributed by atoms with Gasteiger partial charge in [-0.1, -0.05) is 12.1 Å². The highest BCUT2D eigenvalue weighted by atomic mass is 32.1. The van der Waals surface area contributed by atoms with E-state index >= 15 is 0 Å². The van der Waals surface area contributed by atoms with E-state index in [1.165, 1.54) is 11.4 Å². The lowest BCUT2D eigenvalue weighted by atomic mass is 10.1. The Labute approximate surface area is 129 Å². The third-order valence-electron chi connectivity index (χ3n) is 3.60. The van der Waals surface area contributed by atoms with E-state index in [2.05, 4.69) is 10.1 Å². The van der Waals surface area contributed by atoms with Crippen LogP contribution in [-0.2, 0) is 6.42 Å². The average Bonchev–Trinajstić information content (AvgIpc) is 3.06. The fraction of sp³-hybridized carbons (Fsp3) is 0.267. The number of phenolic OH excluding ortho intramolecular Hbond substituents is 1. The molecule has 0 unspecified atom stereocenters. The van der Waals surface area contributed by atoms with Crippen LogP contribution in [0.1, 0.15) is 33.3 Å². The molecule has 1 heterocycles. The summed E-state index contributed by atoms with van der Waals surface area (Å²) in [6, 6.07) is 6.28. The molecule has 2 N–H and O–H groups in total. The summed E-state index contributed by atoms with van der Waals surface area (Å²) in [5.41, 5.74) is 1.68. The van der Waals surface area contributed by atoms with Gasteiger partial charge in [0, 0.05) is 0 Å². The standard InChI is InChI=1S/C15H13F2NO3S/c16-15(17)21-12-6-7-22-13(12)14(20)18-10-5-4-9-8(10)2-1-3-11(9)19/h1-3,6-7,10,15,19H,4-5H2,(H,18,20)/t10-/m0/s1. The number of hydrogen-bond donors (Lipinski definition) is 2. The zero-order chi connectivity index (χ0) is 15.7. The maximum Gasteiger partial charge on any atom is 0.387 e. The topological polar surface area (TPSA) is 58.6 Å². The summed E-state index contributed by atoms with van der Waals surface area (Å²) in [5, 5.41) is 14.1. The summed E-state index contributed by atoms with van der Waals surface area (Å²) >= 11 is 1.05. The second-order valence-corrected chi connectivity index (χ2v) is 5.82. The van der Waals surface area contributed by atoms with Crippen LogP contribution < -0.4 is 10.1 Å². The van der Waals surface area contributed by atoms with E-state index in [1.54, 1.807) is 12.1 Å². The van der Waals surface area contributed by atoms with Gasteiger partial charge in [0.05, 0.1) is 6.04 Å². The maximum absolute atomic E-state index is 12.3. The van der Waals surface area contributed by atoms with Crippen LogP contribution >= 0.6 is 11.3 Å². The SMILES string of the molecule is O=C(N[C@H]1CCc2c(O)cccc21)c1sccc1OC(F)F. The van der Waals surface area contributed by atoms with Gasteiger partial charge in [-0.05, 0) is 41.5 Å². The van der Waals surface area contributed by atoms with Gasteiger partial charge in [0.2, 0.25) is 0 Å². The Morgan fingerprint density at radius 3 is 3.00 bits per heavy atom. The van der Waals surface area contributed by atoms with Crippen molar-refractivity contribution in [2.45, 2.75) is 25.5 Å². The number of rotatable bonds is 4. The number of hydrogen-bond acceptors (Lipinski definition) is 4. The van der Waals surface area contributed by atoms with Crippen molar-refractivity contribution < 1.29 is 23.4 Å². The van der Waals surface area contributed by atoms with Gasteiger partial charge in [-0.3, -0.25) is 4.79 Å². The first-order valence-electron chi connectivity index (χ1n) is 6.70. The van der Waals surface area contributed by atoms with Gasteiger partial charge in [-0.15, -0.1) is 11.3 Å². The molecule has 3 rings (SSSR count). The van der Waals surface area contributed by atoms with Crippen molar-refractivity contribution >= 4 is 17.2 Å². The monoisotopic (exact) mass is 325 g/mol. The lowest BCUT2D eigenvalue weighted by molar-refractivity contribution is -0.0498. The maximum atomic E-state index is 12.3. The third kappa shape index (κ3) is 2.76. The summed E-state index contributed by atoms with van der Waals surface area (Å²) in [7, 11) is 0. The average molecular weight is 325 g/mol. The van der Waals surface area contributed by atoms with Gasteiger partial charge in [-0.2, -0.15) is 8.78 Å². The molecule has 0 spiro atoms. The molecule has 0 aliphatic heterocycles. The number of amides is 1. The van der Waals surface area contributed by atoms with E-state index in [-0.39, 0.29) is 22.4 Å². The smallest absolute Gasteiger partial charge is 0.387 e. The van der Waals surface area contributed by atoms with Gasteiger partial charge in [0.1, 0.15) is 16.4 Å². The van der Waals surface area contributed by atoms with Gasteiger partial charge in [-0.25, -0.2) is 0 Å². The van der Waals surface area contributed by atoms with Crippen LogP contribution in [-0.4, -0.2) is 17.6 Å². The van der Waals surface area contributed by atoms with Crippen molar-refractivity contribution in [3.05, 3.63) is 45.6 Å². The summed E-state index contributed by atoms with van der Waals surface area (Å²) in [6.07, 6.45) is 1.33. The number of aromatic hydroxyl groups is 1. The normalized spacial score (nSPS) is 16.6. The summed E-state index contributed by atoms with van der Waals surface area (Å²) in [4.78, 5) is 12.4. The molecule has 1 amide bonds. The summed E-state index contributed by atoms with van der Waals surface area (Å²) in [5.74, 6) is -0.356.